The van der Waals surface area contributed by atoms with E-state index in [4.69, 9.17) is 0 Å². The molecule has 0 amide bonds. The van der Waals surface area contributed by atoms with Crippen molar-refractivity contribution in [3.8, 4) is 11.4 Å². The van der Waals surface area contributed by atoms with Crippen molar-refractivity contribution >= 4 is 11.8 Å². The predicted molar refractivity (Wildman–Crippen MR) is 97.9 cm³/mol. The zero-order chi connectivity index (χ0) is 16.8. The molecule has 1 aromatic heterocycles. The summed E-state index contributed by atoms with van der Waals surface area (Å²) in [4.78, 5) is 4.52. The summed E-state index contributed by atoms with van der Waals surface area (Å²) in [6.45, 7) is 2.14. The molecule has 0 radical (unpaired) electrons. The van der Waals surface area contributed by atoms with Crippen LogP contribution < -0.4 is 0 Å². The number of nitrogens with zero attached hydrogens (tertiary/aromatic N) is 2. The van der Waals surface area contributed by atoms with E-state index in [1.54, 1.807) is 11.8 Å². The van der Waals surface area contributed by atoms with Crippen LogP contribution in [0.2, 0.25) is 0 Å². The lowest BCUT2D eigenvalue weighted by Crippen LogP contribution is -1.98. The smallest absolute Gasteiger partial charge is 0.208 e. The van der Waals surface area contributed by atoms with Crippen LogP contribution in [0.3, 0.4) is 0 Å². The summed E-state index contributed by atoms with van der Waals surface area (Å²) in [6, 6.07) is 18.1. The first kappa shape index (κ1) is 16.7. The van der Waals surface area contributed by atoms with Crippen molar-refractivity contribution < 1.29 is 5.11 Å². The fourth-order valence-electron chi connectivity index (χ4n) is 2.44. The van der Waals surface area contributed by atoms with Gasteiger partial charge in [0.1, 0.15) is 0 Å². The molecular formula is C19H21N3OS. The lowest BCUT2D eigenvalue weighted by molar-refractivity contribution is 0.175. The van der Waals surface area contributed by atoms with Gasteiger partial charge in [0.05, 0.1) is 6.10 Å². The van der Waals surface area contributed by atoms with Gasteiger partial charge in [0.15, 0.2) is 5.82 Å². The third-order valence-electron chi connectivity index (χ3n) is 3.91. The van der Waals surface area contributed by atoms with Crippen LogP contribution in [0.5, 0.6) is 0 Å². The van der Waals surface area contributed by atoms with Crippen molar-refractivity contribution in [1.29, 1.82) is 0 Å². The lowest BCUT2D eigenvalue weighted by Gasteiger charge is -2.09. The van der Waals surface area contributed by atoms with E-state index in [9.17, 15) is 5.11 Å². The Hall–Kier alpha value is -2.11. The van der Waals surface area contributed by atoms with E-state index in [0.717, 1.165) is 29.1 Å². The molecule has 0 bridgehead atoms. The first-order chi connectivity index (χ1) is 11.8. The molecule has 0 fully saturated rings. The minimum absolute atomic E-state index is 0.446. The Labute approximate surface area is 146 Å². The second kappa shape index (κ2) is 8.13. The number of thioether (sulfide) groups is 1. The maximum Gasteiger partial charge on any atom is 0.208 e. The van der Waals surface area contributed by atoms with Gasteiger partial charge in [-0.05, 0) is 24.0 Å². The summed E-state index contributed by atoms with van der Waals surface area (Å²) in [6.07, 6.45) is 1.25. The molecule has 0 spiro atoms. The van der Waals surface area contributed by atoms with E-state index in [1.165, 1.54) is 5.56 Å². The largest absolute Gasteiger partial charge is 0.388 e. The minimum Gasteiger partial charge on any atom is -0.388 e. The highest BCUT2D eigenvalue weighted by Crippen LogP contribution is 2.23. The van der Waals surface area contributed by atoms with Gasteiger partial charge in [-0.1, -0.05) is 73.3 Å². The third-order valence-corrected chi connectivity index (χ3v) is 4.79. The Morgan fingerprint density at radius 1 is 1.08 bits per heavy atom. The predicted octanol–water partition coefficient (Wildman–Crippen LogP) is 4.25. The summed E-state index contributed by atoms with van der Waals surface area (Å²) < 4.78 is 0. The molecule has 124 valence electrons. The summed E-state index contributed by atoms with van der Waals surface area (Å²) >= 11 is 1.55. The molecule has 3 aromatic rings. The Bertz CT molecular complexity index is 756. The van der Waals surface area contributed by atoms with Crippen molar-refractivity contribution in [2.24, 2.45) is 0 Å². The summed E-state index contributed by atoms with van der Waals surface area (Å²) in [5.41, 5.74) is 3.29. The van der Waals surface area contributed by atoms with Gasteiger partial charge >= 0.3 is 0 Å². The number of hydrogen-bond donors (Lipinski definition) is 2. The molecule has 24 heavy (non-hydrogen) atoms. The number of H-pyrrole nitrogens is 1. The van der Waals surface area contributed by atoms with Gasteiger partial charge in [-0.15, -0.1) is 5.10 Å². The van der Waals surface area contributed by atoms with E-state index in [0.29, 0.717) is 11.6 Å². The molecule has 2 aromatic carbocycles. The van der Waals surface area contributed by atoms with Crippen LogP contribution in [0, 0.1) is 0 Å². The molecule has 0 aliphatic carbocycles. The number of aliphatic hydroxyl groups excluding tert-OH is 1. The van der Waals surface area contributed by atoms with Crippen LogP contribution in [0.25, 0.3) is 11.4 Å². The molecule has 5 heteroatoms. The molecule has 1 unspecified atom stereocenters. The fraction of sp³-hybridized carbons (Fsp3) is 0.263. The summed E-state index contributed by atoms with van der Waals surface area (Å²) in [7, 11) is 0. The maximum atomic E-state index is 10.2. The van der Waals surface area contributed by atoms with Crippen LogP contribution >= 0.6 is 11.8 Å². The van der Waals surface area contributed by atoms with Crippen LogP contribution in [0.4, 0.5) is 0 Å². The molecule has 0 aliphatic rings. The number of aryl methyl sites for hydroxylation is 1. The van der Waals surface area contributed by atoms with Gasteiger partial charge in [0, 0.05) is 11.3 Å². The zero-order valence-electron chi connectivity index (χ0n) is 13.6. The van der Waals surface area contributed by atoms with E-state index >= 15 is 0 Å². The van der Waals surface area contributed by atoms with E-state index in [-0.39, 0.29) is 0 Å². The number of rotatable bonds is 7. The number of aromatic nitrogens is 3. The van der Waals surface area contributed by atoms with E-state index in [2.05, 4.69) is 46.4 Å². The summed E-state index contributed by atoms with van der Waals surface area (Å²) in [5, 5.41) is 18.1. The normalized spacial score (nSPS) is 12.2. The molecule has 1 atom stereocenters. The van der Waals surface area contributed by atoms with Crippen LogP contribution in [-0.4, -0.2) is 26.0 Å². The molecule has 1 heterocycles. The Kier molecular flexibility index (Phi) is 5.67. The monoisotopic (exact) mass is 339 g/mol. The van der Waals surface area contributed by atoms with Gasteiger partial charge in [-0.3, -0.25) is 5.10 Å². The van der Waals surface area contributed by atoms with Gasteiger partial charge in [0.25, 0.3) is 0 Å². The summed E-state index contributed by atoms with van der Waals surface area (Å²) in [5.74, 6) is 1.55. The van der Waals surface area contributed by atoms with E-state index < -0.39 is 6.10 Å². The van der Waals surface area contributed by atoms with Gasteiger partial charge < -0.3 is 5.11 Å². The molecule has 4 nitrogen and oxygen atoms in total. The highest BCUT2D eigenvalue weighted by atomic mass is 32.2. The molecular weight excluding hydrogens is 318 g/mol. The molecule has 0 saturated heterocycles. The molecule has 3 rings (SSSR count). The van der Waals surface area contributed by atoms with Crippen LogP contribution in [0.1, 0.15) is 30.6 Å². The average molecular weight is 339 g/mol. The van der Waals surface area contributed by atoms with E-state index in [1.807, 2.05) is 30.3 Å². The van der Waals surface area contributed by atoms with Gasteiger partial charge in [-0.2, -0.15) is 0 Å². The van der Waals surface area contributed by atoms with Gasteiger partial charge in [-0.25, -0.2) is 4.98 Å². The second-order valence-electron chi connectivity index (χ2n) is 5.58. The standard InChI is InChI=1S/C19H21N3OS/c1-2-14-8-10-16(11-9-14)18-20-19(22-21-18)24-13-12-17(23)15-6-4-3-5-7-15/h3-11,17,23H,2,12-13H2,1H3,(H,20,21,22). The average Bonchev–Trinajstić information content (AvgIpc) is 3.11. The van der Waals surface area contributed by atoms with Crippen molar-refractivity contribution in [1.82, 2.24) is 15.2 Å². The first-order valence-corrected chi connectivity index (χ1v) is 9.12. The van der Waals surface area contributed by atoms with Crippen LogP contribution in [0.15, 0.2) is 59.8 Å². The quantitative estimate of drug-likeness (QED) is 0.632. The van der Waals surface area contributed by atoms with Crippen molar-refractivity contribution in [2.75, 3.05) is 5.75 Å². The zero-order valence-corrected chi connectivity index (χ0v) is 14.5. The highest BCUT2D eigenvalue weighted by Gasteiger charge is 2.09. The Morgan fingerprint density at radius 2 is 1.83 bits per heavy atom. The second-order valence-corrected chi connectivity index (χ2v) is 6.64. The van der Waals surface area contributed by atoms with Crippen molar-refractivity contribution in [3.63, 3.8) is 0 Å². The highest BCUT2D eigenvalue weighted by molar-refractivity contribution is 7.99. The maximum absolute atomic E-state index is 10.2. The number of benzene rings is 2. The molecule has 2 N–H and O–H groups in total. The molecule has 0 aliphatic heterocycles. The Morgan fingerprint density at radius 3 is 2.54 bits per heavy atom. The van der Waals surface area contributed by atoms with Crippen LogP contribution in [-0.2, 0) is 6.42 Å². The van der Waals surface area contributed by atoms with Crippen molar-refractivity contribution in [3.05, 3.63) is 65.7 Å². The lowest BCUT2D eigenvalue weighted by atomic mass is 10.1. The number of aliphatic hydroxyl groups is 1. The van der Waals surface area contributed by atoms with Gasteiger partial charge in [0.2, 0.25) is 5.16 Å². The molecule has 0 saturated carbocycles. The topological polar surface area (TPSA) is 61.8 Å². The third kappa shape index (κ3) is 4.24. The number of hydrogen-bond acceptors (Lipinski definition) is 4. The first-order valence-electron chi connectivity index (χ1n) is 8.14. The number of nitrogens with one attached hydrogen (secondary N) is 1. The fourth-order valence-corrected chi connectivity index (χ4v) is 3.23. The SMILES string of the molecule is CCc1ccc(-c2nc(SCCC(O)c3ccccc3)n[nH]2)cc1. The minimum atomic E-state index is -0.446. The Balaban J connectivity index is 1.54. The van der Waals surface area contributed by atoms with Crippen molar-refractivity contribution in [2.45, 2.75) is 31.0 Å². The number of aromatic amines is 1.